The second kappa shape index (κ2) is 4.67. The van der Waals surface area contributed by atoms with Crippen molar-refractivity contribution in [3.8, 4) is 0 Å². The van der Waals surface area contributed by atoms with Gasteiger partial charge in [0.2, 0.25) is 0 Å². The van der Waals surface area contributed by atoms with Gasteiger partial charge in [-0.1, -0.05) is 20.8 Å². The molecule has 4 nitrogen and oxygen atoms in total. The van der Waals surface area contributed by atoms with Gasteiger partial charge in [-0.15, -0.1) is 0 Å². The maximum absolute atomic E-state index is 11.2. The Kier molecular flexibility index (Phi) is 3.45. The van der Waals surface area contributed by atoms with Crippen LogP contribution in [0.25, 0.3) is 0 Å². The summed E-state index contributed by atoms with van der Waals surface area (Å²) >= 11 is 0. The third kappa shape index (κ3) is 1.57. The Morgan fingerprint density at radius 2 is 1.85 bits per heavy atom. The third-order valence-electron chi connectivity index (χ3n) is 6.96. The highest BCUT2D eigenvalue weighted by molar-refractivity contribution is 5.16. The highest BCUT2D eigenvalue weighted by atomic mass is 16.7. The van der Waals surface area contributed by atoms with Gasteiger partial charge in [-0.05, 0) is 37.0 Å². The third-order valence-corrected chi connectivity index (χ3v) is 6.96. The molecule has 3 aliphatic rings. The molecule has 1 aliphatic heterocycles. The van der Waals surface area contributed by atoms with Crippen LogP contribution in [0, 0.1) is 28.6 Å². The zero-order chi connectivity index (χ0) is 14.7. The van der Waals surface area contributed by atoms with Crippen LogP contribution in [-0.2, 0) is 9.47 Å². The van der Waals surface area contributed by atoms with E-state index in [2.05, 4.69) is 20.8 Å². The van der Waals surface area contributed by atoms with Crippen molar-refractivity contribution in [1.82, 2.24) is 0 Å². The van der Waals surface area contributed by atoms with Gasteiger partial charge in [-0.25, -0.2) is 0 Å². The largest absolute Gasteiger partial charge is 0.393 e. The summed E-state index contributed by atoms with van der Waals surface area (Å²) in [6, 6.07) is 0. The molecule has 0 radical (unpaired) electrons. The summed E-state index contributed by atoms with van der Waals surface area (Å²) in [4.78, 5) is 0. The van der Waals surface area contributed by atoms with Crippen LogP contribution in [0.5, 0.6) is 0 Å². The summed E-state index contributed by atoms with van der Waals surface area (Å²) in [5.41, 5.74) is -0.607. The fourth-order valence-electron chi connectivity index (χ4n) is 5.37. The summed E-state index contributed by atoms with van der Waals surface area (Å²) in [5, 5.41) is 21.7. The molecule has 0 amide bonds. The number of methoxy groups -OCH3 is 1. The van der Waals surface area contributed by atoms with Gasteiger partial charge >= 0.3 is 0 Å². The summed E-state index contributed by atoms with van der Waals surface area (Å²) in [7, 11) is 1.65. The van der Waals surface area contributed by atoms with E-state index in [1.54, 1.807) is 7.11 Å². The van der Waals surface area contributed by atoms with E-state index < -0.39 is 6.10 Å². The van der Waals surface area contributed by atoms with Crippen molar-refractivity contribution in [2.75, 3.05) is 13.7 Å². The first-order valence-corrected chi connectivity index (χ1v) is 7.89. The lowest BCUT2D eigenvalue weighted by Crippen LogP contribution is -2.52. The fourth-order valence-corrected chi connectivity index (χ4v) is 5.37. The highest BCUT2D eigenvalue weighted by Gasteiger charge is 2.70. The summed E-state index contributed by atoms with van der Waals surface area (Å²) in [6.45, 7) is 7.13. The van der Waals surface area contributed by atoms with Crippen LogP contribution in [0.1, 0.15) is 40.0 Å². The van der Waals surface area contributed by atoms with Crippen molar-refractivity contribution in [3.63, 3.8) is 0 Å². The molecule has 3 rings (SSSR count). The Labute approximate surface area is 121 Å². The predicted molar refractivity (Wildman–Crippen MR) is 75.0 cm³/mol. The lowest BCUT2D eigenvalue weighted by atomic mass is 9.60. The molecule has 2 aliphatic carbocycles. The maximum atomic E-state index is 11.2. The molecule has 0 bridgehead atoms. The zero-order valence-electron chi connectivity index (χ0n) is 13.0. The topological polar surface area (TPSA) is 58.9 Å². The van der Waals surface area contributed by atoms with E-state index in [-0.39, 0.29) is 35.1 Å². The van der Waals surface area contributed by atoms with E-state index in [0.717, 1.165) is 19.3 Å². The summed E-state index contributed by atoms with van der Waals surface area (Å²) < 4.78 is 11.3. The van der Waals surface area contributed by atoms with Gasteiger partial charge < -0.3 is 19.7 Å². The highest BCUT2D eigenvalue weighted by Crippen LogP contribution is 2.66. The van der Waals surface area contributed by atoms with Crippen LogP contribution in [0.15, 0.2) is 0 Å². The standard InChI is InChI=1S/C16H28O4/c1-9-5-6-12(17)11-7-16(13(18)15(9,11)3)10(2)8-20-14(16)19-4/h9-14,17-18H,5-8H2,1-4H3/t9-,10?,11-,12-,13-,14-,15+,16-/m1/s1. The molecule has 0 aromatic carbocycles. The number of hydrogen-bond donors (Lipinski definition) is 2. The minimum Gasteiger partial charge on any atom is -0.393 e. The van der Waals surface area contributed by atoms with Crippen molar-refractivity contribution in [1.29, 1.82) is 0 Å². The molecular weight excluding hydrogens is 256 g/mol. The fraction of sp³-hybridized carbons (Fsp3) is 1.00. The van der Waals surface area contributed by atoms with Gasteiger partial charge in [0.25, 0.3) is 0 Å². The molecule has 1 unspecified atom stereocenters. The molecule has 2 saturated carbocycles. The lowest BCUT2D eigenvalue weighted by Gasteiger charge is -2.47. The Bertz CT molecular complexity index is 387. The molecule has 1 spiro atoms. The molecule has 1 saturated heterocycles. The van der Waals surface area contributed by atoms with Crippen LogP contribution in [0.3, 0.4) is 0 Å². The second-order valence-electron chi connectivity index (χ2n) is 7.54. The van der Waals surface area contributed by atoms with Gasteiger partial charge in [0.15, 0.2) is 6.29 Å². The quantitative estimate of drug-likeness (QED) is 0.771. The first-order chi connectivity index (χ1) is 9.38. The monoisotopic (exact) mass is 284 g/mol. The predicted octanol–water partition coefficient (Wildman–Crippen LogP) is 1.79. The lowest BCUT2D eigenvalue weighted by molar-refractivity contribution is -0.183. The SMILES string of the molecule is CO[C@@H]1OCC(C)[C@@]12C[C@@H]1[C@H](O)CC[C@@H](C)[C@]1(C)[C@H]2O. The minimum atomic E-state index is -0.479. The number of aliphatic hydroxyl groups excluding tert-OH is 2. The molecule has 0 aromatic heterocycles. The molecular formula is C16H28O4. The molecule has 2 N–H and O–H groups in total. The molecule has 20 heavy (non-hydrogen) atoms. The first-order valence-electron chi connectivity index (χ1n) is 7.89. The van der Waals surface area contributed by atoms with Crippen LogP contribution >= 0.6 is 0 Å². The van der Waals surface area contributed by atoms with E-state index in [9.17, 15) is 10.2 Å². The van der Waals surface area contributed by atoms with Gasteiger partial charge in [0.1, 0.15) is 0 Å². The Balaban J connectivity index is 2.04. The van der Waals surface area contributed by atoms with Crippen molar-refractivity contribution < 1.29 is 19.7 Å². The summed E-state index contributed by atoms with van der Waals surface area (Å²) in [6.07, 6.45) is 1.48. The number of ether oxygens (including phenoxy) is 2. The van der Waals surface area contributed by atoms with Gasteiger partial charge in [0, 0.05) is 12.5 Å². The first kappa shape index (κ1) is 14.8. The Morgan fingerprint density at radius 1 is 1.15 bits per heavy atom. The van der Waals surface area contributed by atoms with Crippen molar-refractivity contribution in [3.05, 3.63) is 0 Å². The molecule has 0 aromatic rings. The van der Waals surface area contributed by atoms with E-state index in [4.69, 9.17) is 9.47 Å². The van der Waals surface area contributed by atoms with Gasteiger partial charge in [-0.2, -0.15) is 0 Å². The van der Waals surface area contributed by atoms with Crippen LogP contribution in [0.4, 0.5) is 0 Å². The normalized spacial score (nSPS) is 59.1. The Hall–Kier alpha value is -0.160. The van der Waals surface area contributed by atoms with Crippen molar-refractivity contribution >= 4 is 0 Å². The second-order valence-corrected chi connectivity index (χ2v) is 7.54. The van der Waals surface area contributed by atoms with E-state index >= 15 is 0 Å². The average Bonchev–Trinajstić information content (AvgIpc) is 2.87. The molecule has 3 fully saturated rings. The van der Waals surface area contributed by atoms with Crippen LogP contribution < -0.4 is 0 Å². The minimum absolute atomic E-state index is 0.142. The van der Waals surface area contributed by atoms with E-state index in [1.807, 2.05) is 0 Å². The number of fused-ring (bicyclic) bond motifs is 1. The van der Waals surface area contributed by atoms with Crippen LogP contribution in [0.2, 0.25) is 0 Å². The van der Waals surface area contributed by atoms with Crippen molar-refractivity contribution in [2.45, 2.75) is 58.5 Å². The maximum Gasteiger partial charge on any atom is 0.165 e. The number of hydrogen-bond acceptors (Lipinski definition) is 4. The molecule has 4 heteroatoms. The Morgan fingerprint density at radius 3 is 2.45 bits per heavy atom. The molecule has 8 atom stereocenters. The number of aliphatic hydroxyl groups is 2. The van der Waals surface area contributed by atoms with Gasteiger partial charge in [-0.3, -0.25) is 0 Å². The van der Waals surface area contributed by atoms with Crippen LogP contribution in [-0.4, -0.2) is 42.4 Å². The summed E-state index contributed by atoms with van der Waals surface area (Å²) in [5.74, 6) is 0.808. The molecule has 1 heterocycles. The zero-order valence-corrected chi connectivity index (χ0v) is 13.0. The van der Waals surface area contributed by atoms with E-state index in [1.165, 1.54) is 0 Å². The number of rotatable bonds is 1. The molecule has 116 valence electrons. The smallest absolute Gasteiger partial charge is 0.165 e. The van der Waals surface area contributed by atoms with Gasteiger partial charge in [0.05, 0.1) is 24.2 Å². The van der Waals surface area contributed by atoms with Crippen molar-refractivity contribution in [2.24, 2.45) is 28.6 Å². The van der Waals surface area contributed by atoms with E-state index in [0.29, 0.717) is 12.5 Å². The average molecular weight is 284 g/mol.